The molecule has 1 aromatic carbocycles. The Morgan fingerprint density at radius 1 is 1.15 bits per heavy atom. The Bertz CT molecular complexity index is 566. The minimum absolute atomic E-state index is 0.588. The number of para-hydroxylation sites is 1. The molecule has 4 rings (SSSR count). The summed E-state index contributed by atoms with van der Waals surface area (Å²) in [5.74, 6) is 1.58. The van der Waals surface area contributed by atoms with Crippen molar-refractivity contribution in [1.29, 1.82) is 0 Å². The average Bonchev–Trinajstić information content (AvgIpc) is 3.14. The maximum absolute atomic E-state index is 4.23. The molecule has 2 aliphatic rings. The lowest BCUT2D eigenvalue weighted by molar-refractivity contribution is 0.340. The van der Waals surface area contributed by atoms with Crippen LogP contribution in [0.2, 0.25) is 0 Å². The van der Waals surface area contributed by atoms with Crippen molar-refractivity contribution >= 4 is 5.95 Å². The van der Waals surface area contributed by atoms with Gasteiger partial charge in [-0.2, -0.15) is 4.68 Å². The molecule has 0 radical (unpaired) electrons. The van der Waals surface area contributed by atoms with Crippen LogP contribution in [0.1, 0.15) is 12.8 Å². The number of aromatic nitrogens is 4. The van der Waals surface area contributed by atoms with Crippen molar-refractivity contribution in [2.75, 3.05) is 24.5 Å². The summed E-state index contributed by atoms with van der Waals surface area (Å²) >= 11 is 0. The largest absolute Gasteiger partial charge is 0.337 e. The van der Waals surface area contributed by atoms with E-state index in [4.69, 9.17) is 0 Å². The quantitative estimate of drug-likeness (QED) is 0.876. The molecule has 2 atom stereocenters. The van der Waals surface area contributed by atoms with E-state index >= 15 is 0 Å². The summed E-state index contributed by atoms with van der Waals surface area (Å²) in [5, 5.41) is 15.8. The number of tetrazole rings is 1. The van der Waals surface area contributed by atoms with E-state index in [1.807, 2.05) is 35.0 Å². The van der Waals surface area contributed by atoms with Crippen molar-refractivity contribution in [1.82, 2.24) is 25.5 Å². The Morgan fingerprint density at radius 2 is 2.05 bits per heavy atom. The van der Waals surface area contributed by atoms with Crippen LogP contribution in [0.5, 0.6) is 0 Å². The Labute approximate surface area is 117 Å². The van der Waals surface area contributed by atoms with Gasteiger partial charge in [0.15, 0.2) is 0 Å². The molecule has 104 valence electrons. The van der Waals surface area contributed by atoms with Gasteiger partial charge in [0.25, 0.3) is 0 Å². The molecule has 1 aromatic heterocycles. The Morgan fingerprint density at radius 3 is 2.90 bits per heavy atom. The van der Waals surface area contributed by atoms with E-state index in [-0.39, 0.29) is 0 Å². The van der Waals surface area contributed by atoms with Gasteiger partial charge in [0, 0.05) is 19.1 Å². The second-order valence-corrected chi connectivity index (χ2v) is 5.59. The summed E-state index contributed by atoms with van der Waals surface area (Å²) in [6.45, 7) is 3.18. The lowest BCUT2D eigenvalue weighted by Gasteiger charge is -2.24. The molecule has 1 N–H and O–H groups in total. The first-order chi connectivity index (χ1) is 9.92. The summed E-state index contributed by atoms with van der Waals surface area (Å²) < 4.78 is 1.83. The van der Waals surface area contributed by atoms with E-state index in [2.05, 4.69) is 25.7 Å². The van der Waals surface area contributed by atoms with Gasteiger partial charge in [0.05, 0.1) is 5.69 Å². The fourth-order valence-electron chi connectivity index (χ4n) is 3.33. The number of hydrogen-bond donors (Lipinski definition) is 1. The molecular formula is C14H18N6. The summed E-state index contributed by atoms with van der Waals surface area (Å²) in [4.78, 5) is 2.31. The molecular weight excluding hydrogens is 252 g/mol. The summed E-state index contributed by atoms with van der Waals surface area (Å²) in [5.41, 5.74) is 1.01. The van der Waals surface area contributed by atoms with Crippen LogP contribution < -0.4 is 10.2 Å². The summed E-state index contributed by atoms with van der Waals surface area (Å²) in [6, 6.07) is 10.7. The van der Waals surface area contributed by atoms with Gasteiger partial charge in [0.1, 0.15) is 0 Å². The highest BCUT2D eigenvalue weighted by atomic mass is 15.6. The topological polar surface area (TPSA) is 58.9 Å². The number of nitrogens with one attached hydrogen (secondary N) is 1. The second-order valence-electron chi connectivity index (χ2n) is 5.59. The minimum Gasteiger partial charge on any atom is -0.337 e. The van der Waals surface area contributed by atoms with E-state index in [9.17, 15) is 0 Å². The molecule has 2 fully saturated rings. The molecule has 0 amide bonds. The van der Waals surface area contributed by atoms with Crippen LogP contribution in [0.4, 0.5) is 5.95 Å². The number of hydrogen-bond acceptors (Lipinski definition) is 5. The highest BCUT2D eigenvalue weighted by molar-refractivity contribution is 5.42. The Balaban J connectivity index is 1.62. The fraction of sp³-hybridized carbons (Fsp3) is 0.500. The minimum atomic E-state index is 0.588. The normalized spacial score (nSPS) is 25.7. The van der Waals surface area contributed by atoms with Crippen LogP contribution in [-0.4, -0.2) is 45.9 Å². The van der Waals surface area contributed by atoms with E-state index in [0.29, 0.717) is 6.04 Å². The zero-order chi connectivity index (χ0) is 13.4. The Hall–Kier alpha value is -1.95. The highest BCUT2D eigenvalue weighted by Gasteiger charge is 2.36. The van der Waals surface area contributed by atoms with Gasteiger partial charge in [-0.1, -0.05) is 23.3 Å². The molecule has 2 saturated heterocycles. The maximum Gasteiger partial charge on any atom is 0.250 e. The first-order valence-electron chi connectivity index (χ1n) is 7.24. The lowest BCUT2D eigenvalue weighted by atomic mass is 9.94. The molecule has 2 aromatic rings. The predicted molar refractivity (Wildman–Crippen MR) is 75.9 cm³/mol. The first kappa shape index (κ1) is 11.8. The van der Waals surface area contributed by atoms with Crippen LogP contribution in [-0.2, 0) is 0 Å². The zero-order valence-electron chi connectivity index (χ0n) is 11.3. The van der Waals surface area contributed by atoms with Gasteiger partial charge in [-0.25, -0.2) is 0 Å². The summed E-state index contributed by atoms with van der Waals surface area (Å²) in [6.07, 6.45) is 2.58. The van der Waals surface area contributed by atoms with Crippen LogP contribution in [0.25, 0.3) is 5.69 Å². The van der Waals surface area contributed by atoms with Crippen LogP contribution >= 0.6 is 0 Å². The molecule has 2 aliphatic heterocycles. The van der Waals surface area contributed by atoms with Crippen molar-refractivity contribution in [3.63, 3.8) is 0 Å². The van der Waals surface area contributed by atoms with Crippen molar-refractivity contribution in [3.8, 4) is 5.69 Å². The molecule has 6 heteroatoms. The van der Waals surface area contributed by atoms with Crippen molar-refractivity contribution in [2.24, 2.45) is 5.92 Å². The van der Waals surface area contributed by atoms with Gasteiger partial charge in [0.2, 0.25) is 5.95 Å². The van der Waals surface area contributed by atoms with Gasteiger partial charge >= 0.3 is 0 Å². The SMILES string of the molecule is c1ccc(-n2nnnc2N2C[C@@H]3CCCN[C@@H]3C2)cc1. The van der Waals surface area contributed by atoms with Gasteiger partial charge in [-0.3, -0.25) is 0 Å². The number of anilines is 1. The molecule has 0 unspecified atom stereocenters. The van der Waals surface area contributed by atoms with Crippen molar-refractivity contribution < 1.29 is 0 Å². The number of benzene rings is 1. The number of piperidine rings is 1. The van der Waals surface area contributed by atoms with E-state index in [1.54, 1.807) is 0 Å². The first-order valence-corrected chi connectivity index (χ1v) is 7.24. The van der Waals surface area contributed by atoms with Crippen LogP contribution in [0, 0.1) is 5.92 Å². The Kier molecular flexibility index (Phi) is 2.88. The van der Waals surface area contributed by atoms with E-state index in [1.165, 1.54) is 12.8 Å². The van der Waals surface area contributed by atoms with Gasteiger partial charge in [-0.15, -0.1) is 0 Å². The fourth-order valence-corrected chi connectivity index (χ4v) is 3.33. The van der Waals surface area contributed by atoms with Crippen LogP contribution in [0.15, 0.2) is 30.3 Å². The third-order valence-corrected chi connectivity index (χ3v) is 4.34. The number of fused-ring (bicyclic) bond motifs is 1. The number of nitrogens with zero attached hydrogens (tertiary/aromatic N) is 5. The third-order valence-electron chi connectivity index (χ3n) is 4.34. The molecule has 0 bridgehead atoms. The average molecular weight is 270 g/mol. The molecule has 0 saturated carbocycles. The molecule has 0 aliphatic carbocycles. The summed E-state index contributed by atoms with van der Waals surface area (Å²) in [7, 11) is 0. The van der Waals surface area contributed by atoms with Gasteiger partial charge < -0.3 is 10.2 Å². The van der Waals surface area contributed by atoms with Crippen LogP contribution in [0.3, 0.4) is 0 Å². The monoisotopic (exact) mass is 270 g/mol. The third kappa shape index (κ3) is 1.96. The highest BCUT2D eigenvalue weighted by Crippen LogP contribution is 2.28. The standard InChI is InChI=1S/C14H18N6/c1-2-6-12(7-3-1)20-14(16-17-18-20)19-9-11-5-4-8-15-13(11)10-19/h1-3,6-7,11,13,15H,4-5,8-10H2/t11-,13+/m0/s1. The lowest BCUT2D eigenvalue weighted by Crippen LogP contribution is -2.40. The van der Waals surface area contributed by atoms with E-state index < -0.39 is 0 Å². The van der Waals surface area contributed by atoms with Crippen molar-refractivity contribution in [2.45, 2.75) is 18.9 Å². The molecule has 20 heavy (non-hydrogen) atoms. The maximum atomic E-state index is 4.23. The zero-order valence-corrected chi connectivity index (χ0v) is 11.3. The van der Waals surface area contributed by atoms with E-state index in [0.717, 1.165) is 37.2 Å². The van der Waals surface area contributed by atoms with Crippen molar-refractivity contribution in [3.05, 3.63) is 30.3 Å². The smallest absolute Gasteiger partial charge is 0.250 e. The predicted octanol–water partition coefficient (Wildman–Crippen LogP) is 0.850. The molecule has 0 spiro atoms. The molecule has 6 nitrogen and oxygen atoms in total. The van der Waals surface area contributed by atoms with Gasteiger partial charge in [-0.05, 0) is 47.9 Å². The molecule has 3 heterocycles. The second kappa shape index (κ2) is 4.86. The number of rotatable bonds is 2.